The smallest absolute Gasteiger partial charge is 0.240 e. The molecule has 1 aliphatic carbocycles. The third-order valence-electron chi connectivity index (χ3n) is 3.86. The first-order valence-electron chi connectivity index (χ1n) is 6.54. The van der Waals surface area contributed by atoms with Gasteiger partial charge in [0.05, 0.1) is 12.3 Å². The zero-order valence-electron chi connectivity index (χ0n) is 11.1. The number of thioether (sulfide) groups is 1. The van der Waals surface area contributed by atoms with E-state index in [1.807, 2.05) is 6.26 Å². The number of likely N-dealkylation sites (tertiary alicyclic amines) is 1. The average Bonchev–Trinajstić information content (AvgIpc) is 2.99. The maximum absolute atomic E-state index is 6.21. The first kappa shape index (κ1) is 15.1. The van der Waals surface area contributed by atoms with Crippen molar-refractivity contribution in [3.8, 4) is 0 Å². The van der Waals surface area contributed by atoms with E-state index in [1.165, 1.54) is 12.8 Å². The summed E-state index contributed by atoms with van der Waals surface area (Å²) in [5, 5.41) is 3.97. The van der Waals surface area contributed by atoms with Crippen LogP contribution in [0.5, 0.6) is 0 Å². The van der Waals surface area contributed by atoms with Crippen molar-refractivity contribution in [2.24, 2.45) is 17.6 Å². The fourth-order valence-corrected chi connectivity index (χ4v) is 3.20. The summed E-state index contributed by atoms with van der Waals surface area (Å²) in [5.41, 5.74) is 6.21. The van der Waals surface area contributed by atoms with Crippen LogP contribution in [0, 0.1) is 11.8 Å². The van der Waals surface area contributed by atoms with Crippen LogP contribution in [-0.2, 0) is 12.3 Å². The highest BCUT2D eigenvalue weighted by Crippen LogP contribution is 2.41. The number of nitrogens with zero attached hydrogens (tertiary/aromatic N) is 3. The van der Waals surface area contributed by atoms with Gasteiger partial charge in [-0.2, -0.15) is 16.7 Å². The average molecular weight is 305 g/mol. The molecule has 0 radical (unpaired) electrons. The van der Waals surface area contributed by atoms with Gasteiger partial charge in [-0.1, -0.05) is 5.16 Å². The van der Waals surface area contributed by atoms with Crippen molar-refractivity contribution in [1.29, 1.82) is 0 Å². The largest absolute Gasteiger partial charge is 0.338 e. The second-order valence-corrected chi connectivity index (χ2v) is 6.26. The monoisotopic (exact) mass is 304 g/mol. The van der Waals surface area contributed by atoms with Gasteiger partial charge in [-0.3, -0.25) is 4.90 Å². The molecule has 1 aromatic heterocycles. The summed E-state index contributed by atoms with van der Waals surface area (Å²) in [6, 6.07) is 0.325. The molecule has 0 aromatic carbocycles. The van der Waals surface area contributed by atoms with Gasteiger partial charge in [0.1, 0.15) is 0 Å². The lowest BCUT2D eigenvalue weighted by atomic mass is 9.99. The fraction of sp³-hybridized carbons (Fsp3) is 0.833. The van der Waals surface area contributed by atoms with Gasteiger partial charge < -0.3 is 10.3 Å². The molecule has 1 saturated heterocycles. The third-order valence-corrected chi connectivity index (χ3v) is 4.40. The molecule has 1 saturated carbocycles. The maximum atomic E-state index is 6.21. The van der Waals surface area contributed by atoms with Crippen molar-refractivity contribution >= 4 is 24.2 Å². The first-order valence-corrected chi connectivity index (χ1v) is 7.94. The quantitative estimate of drug-likeness (QED) is 0.889. The van der Waals surface area contributed by atoms with Crippen molar-refractivity contribution in [3.63, 3.8) is 0 Å². The highest BCUT2D eigenvalue weighted by Gasteiger charge is 2.40. The Kier molecular flexibility index (Phi) is 5.11. The molecule has 5 nitrogen and oxygen atoms in total. The van der Waals surface area contributed by atoms with Crippen LogP contribution in [0.15, 0.2) is 4.52 Å². The van der Waals surface area contributed by atoms with Crippen molar-refractivity contribution < 1.29 is 4.52 Å². The molecular formula is C12H21ClN4OS. The Labute approximate surface area is 124 Å². The van der Waals surface area contributed by atoms with Crippen LogP contribution in [0.1, 0.15) is 24.6 Å². The molecule has 2 heterocycles. The fourth-order valence-electron chi connectivity index (χ4n) is 2.83. The van der Waals surface area contributed by atoms with Gasteiger partial charge in [-0.25, -0.2) is 0 Å². The zero-order chi connectivity index (χ0) is 12.5. The second kappa shape index (κ2) is 6.43. The number of rotatable bonds is 5. The van der Waals surface area contributed by atoms with E-state index in [0.29, 0.717) is 12.0 Å². The van der Waals surface area contributed by atoms with Gasteiger partial charge in [-0.15, -0.1) is 12.4 Å². The van der Waals surface area contributed by atoms with Crippen LogP contribution in [0.2, 0.25) is 0 Å². The lowest BCUT2D eigenvalue weighted by Crippen LogP contribution is -2.30. The Hall–Kier alpha value is -0.300. The summed E-state index contributed by atoms with van der Waals surface area (Å²) < 4.78 is 5.27. The summed E-state index contributed by atoms with van der Waals surface area (Å²) in [6.07, 6.45) is 4.77. The van der Waals surface area contributed by atoms with Crippen LogP contribution in [-0.4, -0.2) is 40.4 Å². The van der Waals surface area contributed by atoms with Gasteiger partial charge in [0.2, 0.25) is 5.89 Å². The molecule has 7 heteroatoms. The first-order chi connectivity index (χ1) is 8.76. The van der Waals surface area contributed by atoms with Crippen LogP contribution >= 0.6 is 24.2 Å². The summed E-state index contributed by atoms with van der Waals surface area (Å²) >= 11 is 1.71. The highest BCUT2D eigenvalue weighted by molar-refractivity contribution is 7.97. The molecule has 1 aliphatic heterocycles. The number of hydrogen-bond donors (Lipinski definition) is 1. The Morgan fingerprint density at radius 1 is 1.42 bits per heavy atom. The molecule has 0 spiro atoms. The SMILES string of the molecule is CSCc1noc(CN2C[C@H](C3CC3)[C@@H](N)C2)n1.Cl. The standard InChI is InChI=1S/C12H20N4OS.ClH/c1-18-7-11-14-12(17-15-11)6-16-4-9(8-2-3-8)10(13)5-16;/h8-10H,2-7,13H2,1H3;1H/t9-,10+;/m1./s1. The molecule has 2 N–H and O–H groups in total. The van der Waals surface area contributed by atoms with Gasteiger partial charge in [0, 0.05) is 19.1 Å². The molecule has 2 atom stereocenters. The third kappa shape index (κ3) is 3.62. The zero-order valence-corrected chi connectivity index (χ0v) is 12.8. The number of halogens is 1. The van der Waals surface area contributed by atoms with Crippen molar-refractivity contribution in [1.82, 2.24) is 15.0 Å². The summed E-state index contributed by atoms with van der Waals surface area (Å²) in [7, 11) is 0. The van der Waals surface area contributed by atoms with E-state index in [-0.39, 0.29) is 12.4 Å². The predicted molar refractivity (Wildman–Crippen MR) is 78.2 cm³/mol. The van der Waals surface area contributed by atoms with Crippen molar-refractivity contribution in [2.75, 3.05) is 19.3 Å². The van der Waals surface area contributed by atoms with Crippen LogP contribution < -0.4 is 5.73 Å². The number of aromatic nitrogens is 2. The predicted octanol–water partition coefficient (Wildman–Crippen LogP) is 1.52. The van der Waals surface area contributed by atoms with E-state index in [1.54, 1.807) is 11.8 Å². The molecule has 3 rings (SSSR count). The van der Waals surface area contributed by atoms with Gasteiger partial charge in [-0.05, 0) is 30.9 Å². The molecule has 108 valence electrons. The Bertz CT molecular complexity index is 412. The van der Waals surface area contributed by atoms with E-state index < -0.39 is 0 Å². The van der Waals surface area contributed by atoms with Gasteiger partial charge >= 0.3 is 0 Å². The minimum Gasteiger partial charge on any atom is -0.338 e. The lowest BCUT2D eigenvalue weighted by Gasteiger charge is -2.12. The summed E-state index contributed by atoms with van der Waals surface area (Å²) in [5.74, 6) is 3.88. The van der Waals surface area contributed by atoms with Gasteiger partial charge in [0.15, 0.2) is 5.82 Å². The summed E-state index contributed by atoms with van der Waals surface area (Å²) in [6.45, 7) is 2.80. The minimum atomic E-state index is 0. The van der Waals surface area contributed by atoms with Crippen LogP contribution in [0.4, 0.5) is 0 Å². The molecule has 0 amide bonds. The topological polar surface area (TPSA) is 68.2 Å². The lowest BCUT2D eigenvalue weighted by molar-refractivity contribution is 0.256. The Balaban J connectivity index is 0.00000133. The normalized spacial score (nSPS) is 27.5. The molecule has 0 unspecified atom stereocenters. The molecule has 2 aliphatic rings. The van der Waals surface area contributed by atoms with Gasteiger partial charge in [0.25, 0.3) is 0 Å². The van der Waals surface area contributed by atoms with E-state index in [2.05, 4.69) is 15.0 Å². The van der Waals surface area contributed by atoms with E-state index in [0.717, 1.165) is 43.0 Å². The molecule has 19 heavy (non-hydrogen) atoms. The molecule has 0 bridgehead atoms. The van der Waals surface area contributed by atoms with Crippen LogP contribution in [0.3, 0.4) is 0 Å². The minimum absolute atomic E-state index is 0. The number of hydrogen-bond acceptors (Lipinski definition) is 6. The van der Waals surface area contributed by atoms with E-state index in [4.69, 9.17) is 10.3 Å². The van der Waals surface area contributed by atoms with Crippen molar-refractivity contribution in [3.05, 3.63) is 11.7 Å². The van der Waals surface area contributed by atoms with Crippen LogP contribution in [0.25, 0.3) is 0 Å². The molecule has 2 fully saturated rings. The van der Waals surface area contributed by atoms with E-state index >= 15 is 0 Å². The molecular weight excluding hydrogens is 284 g/mol. The van der Waals surface area contributed by atoms with E-state index in [9.17, 15) is 0 Å². The Morgan fingerprint density at radius 3 is 2.89 bits per heavy atom. The highest BCUT2D eigenvalue weighted by atomic mass is 35.5. The van der Waals surface area contributed by atoms with Crippen molar-refractivity contribution in [2.45, 2.75) is 31.2 Å². The number of nitrogens with two attached hydrogens (primary N) is 1. The molecule has 1 aromatic rings. The Morgan fingerprint density at radius 2 is 2.21 bits per heavy atom. The maximum Gasteiger partial charge on any atom is 0.240 e. The second-order valence-electron chi connectivity index (χ2n) is 5.40. The summed E-state index contributed by atoms with van der Waals surface area (Å²) in [4.78, 5) is 6.74.